The molecule has 5 nitrogen and oxygen atoms in total. The van der Waals surface area contributed by atoms with E-state index in [-0.39, 0.29) is 11.9 Å². The highest BCUT2D eigenvalue weighted by Crippen LogP contribution is 2.19. The Morgan fingerprint density at radius 3 is 2.75 bits per heavy atom. The fourth-order valence-electron chi connectivity index (χ4n) is 2.85. The first-order chi connectivity index (χ1) is 11.6. The number of carbonyl (C=O) groups is 1. The van der Waals surface area contributed by atoms with Gasteiger partial charge in [-0.15, -0.1) is 0 Å². The van der Waals surface area contributed by atoms with Crippen molar-refractivity contribution in [3.05, 3.63) is 53.5 Å². The molecule has 0 spiro atoms. The minimum absolute atomic E-state index is 0.147. The molecule has 1 N–H and O–H groups in total. The Morgan fingerprint density at radius 1 is 1.25 bits per heavy atom. The maximum Gasteiger partial charge on any atom is 0.287 e. The van der Waals surface area contributed by atoms with Crippen molar-refractivity contribution >= 4 is 5.91 Å². The average Bonchev–Trinajstić information content (AvgIpc) is 3.05. The fourth-order valence-corrected chi connectivity index (χ4v) is 2.85. The van der Waals surface area contributed by atoms with Gasteiger partial charge in [0.25, 0.3) is 5.91 Å². The smallest absolute Gasteiger partial charge is 0.287 e. The number of aryl methyl sites for hydroxylation is 1. The average molecular weight is 328 g/mol. The van der Waals surface area contributed by atoms with Crippen LogP contribution in [0.3, 0.4) is 0 Å². The van der Waals surface area contributed by atoms with E-state index in [1.165, 1.54) is 0 Å². The Bertz CT molecular complexity index is 687. The first-order valence-electron chi connectivity index (χ1n) is 8.38. The van der Waals surface area contributed by atoms with E-state index in [2.05, 4.69) is 17.3 Å². The number of benzene rings is 1. The molecule has 1 fully saturated rings. The molecule has 1 aromatic carbocycles. The maximum absolute atomic E-state index is 12.3. The number of nitrogens with one attached hydrogen (secondary N) is 1. The van der Waals surface area contributed by atoms with Gasteiger partial charge < -0.3 is 19.4 Å². The quantitative estimate of drug-likeness (QED) is 0.917. The monoisotopic (exact) mass is 328 g/mol. The van der Waals surface area contributed by atoms with Gasteiger partial charge in [-0.3, -0.25) is 4.79 Å². The van der Waals surface area contributed by atoms with Crippen LogP contribution in [-0.2, 0) is 6.61 Å². The molecule has 1 amide bonds. The number of carbonyl (C=O) groups excluding carboxylic acids is 1. The third-order valence-electron chi connectivity index (χ3n) is 4.40. The molecule has 0 atom stereocenters. The molecule has 1 saturated heterocycles. The van der Waals surface area contributed by atoms with E-state index in [4.69, 9.17) is 9.15 Å². The summed E-state index contributed by atoms with van der Waals surface area (Å²) in [4.78, 5) is 14.6. The predicted molar refractivity (Wildman–Crippen MR) is 92.2 cm³/mol. The molecular formula is C19H24N2O3. The van der Waals surface area contributed by atoms with Crippen LogP contribution < -0.4 is 10.1 Å². The summed E-state index contributed by atoms with van der Waals surface area (Å²) in [6.45, 7) is 4.33. The Labute approximate surface area is 142 Å². The van der Waals surface area contributed by atoms with E-state index >= 15 is 0 Å². The number of piperidine rings is 1. The third kappa shape index (κ3) is 4.17. The SMILES string of the molecule is Cc1ccccc1OCc1ccc(C(=O)NC2CCN(C)CC2)o1. The lowest BCUT2D eigenvalue weighted by Crippen LogP contribution is -2.43. The van der Waals surface area contributed by atoms with E-state index in [1.807, 2.05) is 31.2 Å². The van der Waals surface area contributed by atoms with Crippen molar-refractivity contribution in [3.63, 3.8) is 0 Å². The van der Waals surface area contributed by atoms with Gasteiger partial charge in [-0.05, 0) is 63.7 Å². The molecule has 0 unspecified atom stereocenters. The van der Waals surface area contributed by atoms with Crippen molar-refractivity contribution in [2.24, 2.45) is 0 Å². The van der Waals surface area contributed by atoms with Gasteiger partial charge in [-0.2, -0.15) is 0 Å². The van der Waals surface area contributed by atoms with E-state index in [0.29, 0.717) is 18.1 Å². The minimum atomic E-state index is -0.147. The molecule has 2 aromatic rings. The number of nitrogens with zero attached hydrogens (tertiary/aromatic N) is 1. The minimum Gasteiger partial charge on any atom is -0.485 e. The summed E-state index contributed by atoms with van der Waals surface area (Å²) in [6.07, 6.45) is 1.96. The van der Waals surface area contributed by atoms with Crippen LogP contribution >= 0.6 is 0 Å². The largest absolute Gasteiger partial charge is 0.485 e. The van der Waals surface area contributed by atoms with Crippen LogP contribution in [0.5, 0.6) is 5.75 Å². The van der Waals surface area contributed by atoms with Crippen molar-refractivity contribution in [1.29, 1.82) is 0 Å². The Kier molecular flexibility index (Phi) is 5.20. The maximum atomic E-state index is 12.3. The fraction of sp³-hybridized carbons (Fsp3) is 0.421. The zero-order valence-electron chi connectivity index (χ0n) is 14.2. The van der Waals surface area contributed by atoms with Gasteiger partial charge in [0.1, 0.15) is 18.1 Å². The summed E-state index contributed by atoms with van der Waals surface area (Å²) in [5.41, 5.74) is 1.07. The molecule has 1 aliphatic heterocycles. The normalized spacial score (nSPS) is 16.1. The van der Waals surface area contributed by atoms with Gasteiger partial charge in [-0.1, -0.05) is 18.2 Å². The zero-order valence-corrected chi connectivity index (χ0v) is 14.2. The zero-order chi connectivity index (χ0) is 16.9. The summed E-state index contributed by atoms with van der Waals surface area (Å²) in [5, 5.41) is 3.05. The highest BCUT2D eigenvalue weighted by Gasteiger charge is 2.20. The lowest BCUT2D eigenvalue weighted by molar-refractivity contribution is 0.0884. The van der Waals surface area contributed by atoms with E-state index in [0.717, 1.165) is 37.2 Å². The van der Waals surface area contributed by atoms with Crippen molar-refractivity contribution in [3.8, 4) is 5.75 Å². The third-order valence-corrected chi connectivity index (χ3v) is 4.40. The van der Waals surface area contributed by atoms with Crippen LogP contribution in [0.2, 0.25) is 0 Å². The summed E-state index contributed by atoms with van der Waals surface area (Å²) in [6, 6.07) is 11.6. The van der Waals surface area contributed by atoms with Crippen molar-refractivity contribution < 1.29 is 13.9 Å². The second-order valence-corrected chi connectivity index (χ2v) is 6.37. The number of rotatable bonds is 5. The number of hydrogen-bond acceptors (Lipinski definition) is 4. The van der Waals surface area contributed by atoms with Crippen molar-refractivity contribution in [2.75, 3.05) is 20.1 Å². The van der Waals surface area contributed by atoms with Crippen LogP contribution in [0.4, 0.5) is 0 Å². The summed E-state index contributed by atoms with van der Waals surface area (Å²) >= 11 is 0. The Morgan fingerprint density at radius 2 is 2.00 bits per heavy atom. The molecule has 1 aromatic heterocycles. The molecular weight excluding hydrogens is 304 g/mol. The Balaban J connectivity index is 1.53. The number of hydrogen-bond donors (Lipinski definition) is 1. The van der Waals surface area contributed by atoms with Gasteiger partial charge in [-0.25, -0.2) is 0 Å². The highest BCUT2D eigenvalue weighted by atomic mass is 16.5. The van der Waals surface area contributed by atoms with Gasteiger partial charge in [0, 0.05) is 6.04 Å². The number of amides is 1. The predicted octanol–water partition coefficient (Wildman–Crippen LogP) is 2.99. The standard InChI is InChI=1S/C19H24N2O3/c1-14-5-3-4-6-17(14)23-13-16-7-8-18(24-16)19(22)20-15-9-11-21(2)12-10-15/h3-8,15H,9-13H2,1-2H3,(H,20,22). The number of furan rings is 1. The van der Waals surface area contributed by atoms with Crippen LogP contribution in [-0.4, -0.2) is 37.0 Å². The molecule has 128 valence electrons. The topological polar surface area (TPSA) is 54.7 Å². The summed E-state index contributed by atoms with van der Waals surface area (Å²) in [5.74, 6) is 1.67. The van der Waals surface area contributed by atoms with Crippen LogP contribution in [0, 0.1) is 6.92 Å². The number of para-hydroxylation sites is 1. The van der Waals surface area contributed by atoms with Crippen LogP contribution in [0.15, 0.2) is 40.8 Å². The molecule has 24 heavy (non-hydrogen) atoms. The number of likely N-dealkylation sites (tertiary alicyclic amines) is 1. The van der Waals surface area contributed by atoms with E-state index in [1.54, 1.807) is 12.1 Å². The molecule has 2 heterocycles. The summed E-state index contributed by atoms with van der Waals surface area (Å²) in [7, 11) is 2.10. The van der Waals surface area contributed by atoms with Crippen molar-refractivity contribution in [2.45, 2.75) is 32.4 Å². The van der Waals surface area contributed by atoms with Gasteiger partial charge in [0.2, 0.25) is 0 Å². The van der Waals surface area contributed by atoms with Gasteiger partial charge in [0.15, 0.2) is 5.76 Å². The first-order valence-corrected chi connectivity index (χ1v) is 8.38. The van der Waals surface area contributed by atoms with E-state index in [9.17, 15) is 4.79 Å². The molecule has 3 rings (SSSR count). The lowest BCUT2D eigenvalue weighted by Gasteiger charge is -2.29. The molecule has 0 aliphatic carbocycles. The first kappa shape index (κ1) is 16.6. The molecule has 0 radical (unpaired) electrons. The lowest BCUT2D eigenvalue weighted by atomic mass is 10.1. The highest BCUT2D eigenvalue weighted by molar-refractivity contribution is 5.91. The van der Waals surface area contributed by atoms with Crippen LogP contribution in [0.1, 0.15) is 34.7 Å². The molecule has 1 aliphatic rings. The van der Waals surface area contributed by atoms with Gasteiger partial charge in [0.05, 0.1) is 0 Å². The molecule has 0 saturated carbocycles. The molecule has 0 bridgehead atoms. The summed E-state index contributed by atoms with van der Waals surface area (Å²) < 4.78 is 11.4. The van der Waals surface area contributed by atoms with Gasteiger partial charge >= 0.3 is 0 Å². The van der Waals surface area contributed by atoms with E-state index < -0.39 is 0 Å². The van der Waals surface area contributed by atoms with Crippen molar-refractivity contribution in [1.82, 2.24) is 10.2 Å². The Hall–Kier alpha value is -2.27. The van der Waals surface area contributed by atoms with Crippen LogP contribution in [0.25, 0.3) is 0 Å². The number of ether oxygens (including phenoxy) is 1. The molecule has 5 heteroatoms. The second-order valence-electron chi connectivity index (χ2n) is 6.37. The second kappa shape index (κ2) is 7.53.